The number of unbranched alkanes of at least 4 members (excludes halogenated alkanes) is 1. The van der Waals surface area contributed by atoms with E-state index in [1.807, 2.05) is 26.0 Å². The Balaban J connectivity index is 0.00000109. The average molecular weight is 577 g/mol. The Bertz CT molecular complexity index is 806. The molecule has 2 aliphatic rings. The van der Waals surface area contributed by atoms with E-state index in [9.17, 15) is 4.79 Å². The van der Waals surface area contributed by atoms with Gasteiger partial charge in [0.05, 0.1) is 0 Å². The van der Waals surface area contributed by atoms with Gasteiger partial charge in [-0.1, -0.05) is 19.9 Å². The Morgan fingerprint density at radius 1 is 1.18 bits per heavy atom. The molecule has 28 heavy (non-hydrogen) atoms. The van der Waals surface area contributed by atoms with Crippen LogP contribution >= 0.6 is 0 Å². The molecule has 2 aromatic rings. The fourth-order valence-electron chi connectivity index (χ4n) is 3.63. The van der Waals surface area contributed by atoms with Gasteiger partial charge in [0.1, 0.15) is 0 Å². The standard InChI is InChI=1S/C19H24N4O2.C2H6.Pb/c24-19-6-4-14-3-5-16(11-18(14)21-19)25-10-2-1-8-23-9-7-17-15(13-23)12-20-22-17;1-2;/h3,5,11-12H,1-2,4,6-10,13H2,(H2,20,21,22,24);1-2H3;/q;;+1/p-1. The maximum absolute atomic E-state index is 11.5. The van der Waals surface area contributed by atoms with Gasteiger partial charge in [-0.15, -0.1) is 0 Å². The van der Waals surface area contributed by atoms with Crippen LogP contribution in [0.5, 0.6) is 5.75 Å². The van der Waals surface area contributed by atoms with Crippen molar-refractivity contribution in [3.63, 3.8) is 0 Å². The monoisotopic (exact) mass is 577 g/mol. The van der Waals surface area contributed by atoms with Gasteiger partial charge in [-0.05, 0) is 12.0 Å². The van der Waals surface area contributed by atoms with Crippen molar-refractivity contribution in [2.75, 3.05) is 25.0 Å². The zero-order valence-corrected chi connectivity index (χ0v) is 20.7. The number of fused-ring (bicyclic) bond motifs is 2. The predicted molar refractivity (Wildman–Crippen MR) is 112 cm³/mol. The third kappa shape index (κ3) is 5.56. The molecule has 4 rings (SSSR count). The van der Waals surface area contributed by atoms with Gasteiger partial charge in [-0.2, -0.15) is 0 Å². The first-order chi connectivity index (χ1) is 13.7. The van der Waals surface area contributed by atoms with Gasteiger partial charge >= 0.3 is 124 Å². The van der Waals surface area contributed by atoms with Crippen molar-refractivity contribution in [2.45, 2.75) is 52.5 Å². The van der Waals surface area contributed by atoms with Gasteiger partial charge in [0.15, 0.2) is 0 Å². The number of hydrogen-bond acceptors (Lipinski definition) is 4. The summed E-state index contributed by atoms with van der Waals surface area (Å²) in [6, 6.07) is 6.02. The first-order valence-electron chi connectivity index (χ1n) is 10.2. The molecule has 0 bridgehead atoms. The van der Waals surface area contributed by atoms with E-state index in [0.717, 1.165) is 82.8 Å². The molecule has 2 aliphatic heterocycles. The quantitative estimate of drug-likeness (QED) is 0.425. The van der Waals surface area contributed by atoms with Gasteiger partial charge in [0, 0.05) is 12.1 Å². The second-order valence-electron chi connectivity index (χ2n) is 6.99. The van der Waals surface area contributed by atoms with Crippen LogP contribution in [-0.4, -0.2) is 64.2 Å². The first-order valence-corrected chi connectivity index (χ1v) is 12.0. The second kappa shape index (κ2) is 10.4. The smallest absolute Gasteiger partial charge is 0.326 e. The molecular weight excluding hydrogens is 547 g/mol. The molecule has 1 amide bonds. The van der Waals surface area contributed by atoms with Gasteiger partial charge in [0.2, 0.25) is 5.91 Å². The third-order valence-electron chi connectivity index (χ3n) is 5.05. The SMILES string of the molecule is CC.O=C1CCc2ccc(OCCCCN3CCc4n[n]([Pb])cc4C3)cc2N1. The fourth-order valence-corrected chi connectivity index (χ4v) is 4.71. The van der Waals surface area contributed by atoms with Crippen LogP contribution in [0.2, 0.25) is 0 Å². The zero-order chi connectivity index (χ0) is 19.9. The van der Waals surface area contributed by atoms with Crippen LogP contribution in [0.4, 0.5) is 5.69 Å². The number of nitrogens with one attached hydrogen (secondary N) is 1. The summed E-state index contributed by atoms with van der Waals surface area (Å²) in [6.45, 7) is 7.96. The van der Waals surface area contributed by atoms with Crippen LogP contribution < -0.4 is 10.1 Å². The van der Waals surface area contributed by atoms with E-state index < -0.39 is 0 Å². The average Bonchev–Trinajstić information content (AvgIpc) is 3.08. The molecule has 6 nitrogen and oxygen atoms in total. The molecule has 0 saturated heterocycles. The van der Waals surface area contributed by atoms with Crippen molar-refractivity contribution in [1.82, 2.24) is 12.5 Å². The molecule has 3 heterocycles. The van der Waals surface area contributed by atoms with E-state index in [4.69, 9.17) is 4.74 Å². The Labute approximate surface area is 183 Å². The van der Waals surface area contributed by atoms with Crippen LogP contribution in [0.15, 0.2) is 24.4 Å². The van der Waals surface area contributed by atoms with E-state index in [1.54, 1.807) is 0 Å². The van der Waals surface area contributed by atoms with E-state index in [2.05, 4.69) is 30.1 Å². The summed E-state index contributed by atoms with van der Waals surface area (Å²) in [5.41, 5.74) is 4.79. The van der Waals surface area contributed by atoms with Crippen molar-refractivity contribution in [3.05, 3.63) is 41.2 Å². The topological polar surface area (TPSA) is 59.4 Å². The molecule has 0 fully saturated rings. The molecule has 0 saturated carbocycles. The van der Waals surface area contributed by atoms with Gasteiger partial charge in [-0.25, -0.2) is 0 Å². The number of amides is 1. The first kappa shape index (κ1) is 21.3. The van der Waals surface area contributed by atoms with Crippen LogP contribution in [0.3, 0.4) is 0 Å². The number of ether oxygens (including phenoxy) is 1. The van der Waals surface area contributed by atoms with E-state index in [1.165, 1.54) is 16.8 Å². The van der Waals surface area contributed by atoms with E-state index in [-0.39, 0.29) is 5.91 Å². The normalized spacial score (nSPS) is 15.8. The number of benzene rings is 1. The molecular formula is C21H29N4O2Pb. The maximum atomic E-state index is 11.5. The van der Waals surface area contributed by atoms with Crippen molar-refractivity contribution in [1.29, 1.82) is 0 Å². The molecule has 3 radical (unpaired) electrons. The Morgan fingerprint density at radius 3 is 2.89 bits per heavy atom. The van der Waals surface area contributed by atoms with Crippen LogP contribution in [0, 0.1) is 0 Å². The summed E-state index contributed by atoms with van der Waals surface area (Å²) >= 11 is 0.963. The Kier molecular flexibility index (Phi) is 7.90. The number of carbonyl (C=O) groups is 1. The summed E-state index contributed by atoms with van der Waals surface area (Å²) in [4.78, 5) is 14.0. The number of anilines is 1. The molecule has 0 unspecified atom stereocenters. The number of aromatic nitrogens is 2. The van der Waals surface area contributed by atoms with Crippen LogP contribution in [0.1, 0.15) is 49.9 Å². The van der Waals surface area contributed by atoms with Crippen molar-refractivity contribution in [2.24, 2.45) is 0 Å². The summed E-state index contributed by atoms with van der Waals surface area (Å²) in [7, 11) is 0. The summed E-state index contributed by atoms with van der Waals surface area (Å²) in [5, 5.41) is 7.49. The number of carbonyl (C=O) groups excluding carboxylic acids is 1. The van der Waals surface area contributed by atoms with Gasteiger partial charge in [0.25, 0.3) is 0 Å². The number of rotatable bonds is 6. The molecule has 0 atom stereocenters. The summed E-state index contributed by atoms with van der Waals surface area (Å²) in [6.07, 6.45) is 6.83. The van der Waals surface area contributed by atoms with Gasteiger partial charge in [-0.3, -0.25) is 4.79 Å². The number of hydrogen-bond donors (Lipinski definition) is 1. The van der Waals surface area contributed by atoms with E-state index in [0.29, 0.717) is 13.0 Å². The molecule has 149 valence electrons. The van der Waals surface area contributed by atoms with Crippen molar-refractivity contribution < 1.29 is 9.53 Å². The molecule has 0 spiro atoms. The summed E-state index contributed by atoms with van der Waals surface area (Å²) < 4.78 is 7.94. The minimum Gasteiger partial charge on any atom is -0.326 e. The molecule has 1 aromatic carbocycles. The number of aryl methyl sites for hydroxylation is 1. The molecule has 1 aromatic heterocycles. The summed E-state index contributed by atoms with van der Waals surface area (Å²) in [5.74, 6) is 0.934. The van der Waals surface area contributed by atoms with E-state index >= 15 is 0 Å². The van der Waals surface area contributed by atoms with Crippen LogP contribution in [0.25, 0.3) is 0 Å². The third-order valence-corrected chi connectivity index (χ3v) is 5.94. The Morgan fingerprint density at radius 2 is 2.04 bits per heavy atom. The predicted octanol–water partition coefficient (Wildman–Crippen LogP) is 2.94. The zero-order valence-electron chi connectivity index (χ0n) is 16.8. The van der Waals surface area contributed by atoms with Crippen molar-refractivity contribution in [3.8, 4) is 5.75 Å². The minimum atomic E-state index is 0.0929. The van der Waals surface area contributed by atoms with Gasteiger partial charge < -0.3 is 5.32 Å². The van der Waals surface area contributed by atoms with Crippen LogP contribution in [-0.2, 0) is 24.2 Å². The van der Waals surface area contributed by atoms with Crippen molar-refractivity contribution >= 4 is 37.7 Å². The Hall–Kier alpha value is -1.42. The molecule has 0 aliphatic carbocycles. The fraction of sp³-hybridized carbons (Fsp3) is 0.524. The second-order valence-corrected chi connectivity index (χ2v) is 8.78. The molecule has 1 N–H and O–H groups in total. The number of nitrogens with zero attached hydrogens (tertiary/aromatic N) is 3. The molecule has 7 heteroatoms. The minimum absolute atomic E-state index is 0.0929.